The normalized spacial score (nSPS) is 29.7. The average Bonchev–Trinajstić information content (AvgIpc) is 3.71. The molecular weight excluding hydrogens is 500 g/mol. The van der Waals surface area contributed by atoms with Crippen molar-refractivity contribution in [3.05, 3.63) is 53.1 Å². The fraction of sp³-hybridized carbons (Fsp3) is 0.559. The first-order chi connectivity index (χ1) is 19.4. The summed E-state index contributed by atoms with van der Waals surface area (Å²) in [4.78, 5) is 18.6. The molecule has 0 unspecified atom stereocenters. The Morgan fingerprint density at radius 2 is 2.02 bits per heavy atom. The van der Waals surface area contributed by atoms with Crippen molar-refractivity contribution in [3.8, 4) is 29.1 Å². The number of phenolic OH excluding ortho intramolecular Hbond substituents is 1. The largest absolute Gasteiger partial charge is 0.508 e. The smallest absolute Gasteiger partial charge is 0.299 e. The van der Waals surface area contributed by atoms with Crippen LogP contribution in [-0.4, -0.2) is 65.7 Å². The number of hydrogen-bond acceptors (Lipinski definition) is 5. The van der Waals surface area contributed by atoms with E-state index in [2.05, 4.69) is 30.6 Å². The van der Waals surface area contributed by atoms with Crippen LogP contribution in [0.3, 0.4) is 0 Å². The third-order valence-corrected chi connectivity index (χ3v) is 10.2. The monoisotopic (exact) mass is 540 g/mol. The van der Waals surface area contributed by atoms with Crippen LogP contribution in [0.5, 0.6) is 17.2 Å². The van der Waals surface area contributed by atoms with Crippen molar-refractivity contribution in [2.45, 2.75) is 76.0 Å². The standard InChI is InChI=1S/C34H40N2O4/c1-21(2)19-36(30(38)14-11-22-7-5-4-6-8-22)26-13-12-25-27-17-24-28(37)18-29(39-3)32-31(24)34(25,33(26)40-32)15-16-35(27)20-23-9-10-23/h4-8,18,21,23,25-27,33,37H,9-10,12-13,15-17,19-20H2,1-3H3/t25-,26+,27+,33-,34-/m0/s1. The number of methoxy groups -OCH3 is 1. The highest BCUT2D eigenvalue weighted by Gasteiger charge is 2.67. The van der Waals surface area contributed by atoms with Gasteiger partial charge in [0.2, 0.25) is 0 Å². The Morgan fingerprint density at radius 1 is 1.23 bits per heavy atom. The number of nitrogens with zero attached hydrogens (tertiary/aromatic N) is 2. The summed E-state index contributed by atoms with van der Waals surface area (Å²) in [5.41, 5.74) is 2.81. The predicted molar refractivity (Wildman–Crippen MR) is 154 cm³/mol. The molecule has 3 fully saturated rings. The van der Waals surface area contributed by atoms with Crippen molar-refractivity contribution in [2.24, 2.45) is 17.8 Å². The lowest BCUT2D eigenvalue weighted by atomic mass is 9.50. The Morgan fingerprint density at radius 3 is 2.75 bits per heavy atom. The molecule has 2 aromatic carbocycles. The summed E-state index contributed by atoms with van der Waals surface area (Å²) >= 11 is 0. The maximum atomic E-state index is 13.8. The number of hydrogen-bond donors (Lipinski definition) is 1. The molecule has 2 heterocycles. The van der Waals surface area contributed by atoms with Gasteiger partial charge in [0.15, 0.2) is 11.5 Å². The molecule has 1 amide bonds. The lowest BCUT2D eigenvalue weighted by molar-refractivity contribution is -0.137. The summed E-state index contributed by atoms with van der Waals surface area (Å²) in [5, 5.41) is 11.3. The quantitative estimate of drug-likeness (QED) is 0.536. The van der Waals surface area contributed by atoms with Crippen LogP contribution in [0.2, 0.25) is 0 Å². The van der Waals surface area contributed by atoms with Crippen LogP contribution in [0.4, 0.5) is 0 Å². The number of rotatable bonds is 6. The van der Waals surface area contributed by atoms with E-state index in [-0.39, 0.29) is 23.5 Å². The lowest BCUT2D eigenvalue weighted by Gasteiger charge is -2.60. The van der Waals surface area contributed by atoms with Gasteiger partial charge in [-0.15, -0.1) is 0 Å². The third-order valence-electron chi connectivity index (χ3n) is 10.2. The van der Waals surface area contributed by atoms with Crippen molar-refractivity contribution < 1.29 is 19.4 Å². The molecular formula is C34H40N2O4. The highest BCUT2D eigenvalue weighted by Crippen LogP contribution is 2.65. The van der Waals surface area contributed by atoms with E-state index in [1.54, 1.807) is 13.2 Å². The first-order valence-corrected chi connectivity index (χ1v) is 15.1. The van der Waals surface area contributed by atoms with Gasteiger partial charge in [0.05, 0.1) is 13.2 Å². The van der Waals surface area contributed by atoms with Gasteiger partial charge in [0.1, 0.15) is 11.9 Å². The van der Waals surface area contributed by atoms with Crippen LogP contribution in [0.15, 0.2) is 36.4 Å². The first-order valence-electron chi connectivity index (χ1n) is 15.1. The van der Waals surface area contributed by atoms with Crippen molar-refractivity contribution in [1.29, 1.82) is 0 Å². The summed E-state index contributed by atoms with van der Waals surface area (Å²) in [6, 6.07) is 11.8. The Hall–Kier alpha value is -3.17. The molecule has 0 aromatic heterocycles. The maximum absolute atomic E-state index is 13.8. The van der Waals surface area contributed by atoms with E-state index in [9.17, 15) is 9.90 Å². The second kappa shape index (κ2) is 9.73. The van der Waals surface area contributed by atoms with Crippen LogP contribution >= 0.6 is 0 Å². The number of likely N-dealkylation sites (tertiary alicyclic amines) is 1. The fourth-order valence-corrected chi connectivity index (χ4v) is 8.46. The van der Waals surface area contributed by atoms with E-state index < -0.39 is 0 Å². The molecule has 2 aliphatic heterocycles. The Bertz CT molecular complexity index is 1370. The molecule has 2 saturated carbocycles. The Labute approximate surface area is 237 Å². The minimum absolute atomic E-state index is 0.0861. The average molecular weight is 541 g/mol. The number of phenols is 1. The molecule has 2 aromatic rings. The molecule has 5 aliphatic rings. The highest BCUT2D eigenvalue weighted by molar-refractivity contribution is 5.94. The molecule has 6 heteroatoms. The number of carbonyl (C=O) groups excluding carboxylic acids is 1. The minimum atomic E-state index is -0.231. The van der Waals surface area contributed by atoms with Crippen LogP contribution in [0, 0.1) is 29.6 Å². The summed E-state index contributed by atoms with van der Waals surface area (Å²) in [7, 11) is 1.65. The molecule has 2 bridgehead atoms. The zero-order valence-electron chi connectivity index (χ0n) is 23.9. The van der Waals surface area contributed by atoms with Gasteiger partial charge in [-0.05, 0) is 75.0 Å². The summed E-state index contributed by atoms with van der Waals surface area (Å²) in [6.07, 6.45) is 6.28. The van der Waals surface area contributed by atoms with Crippen LogP contribution in [-0.2, 0) is 16.6 Å². The molecule has 5 atom stereocenters. The first kappa shape index (κ1) is 25.8. The van der Waals surface area contributed by atoms with Gasteiger partial charge in [-0.2, -0.15) is 0 Å². The Kier molecular flexibility index (Phi) is 6.27. The van der Waals surface area contributed by atoms with E-state index in [1.807, 2.05) is 35.2 Å². The molecule has 3 aliphatic carbocycles. The summed E-state index contributed by atoms with van der Waals surface area (Å²) in [6.45, 7) is 7.15. The van der Waals surface area contributed by atoms with Crippen LogP contribution < -0.4 is 9.47 Å². The van der Waals surface area contributed by atoms with Crippen molar-refractivity contribution in [3.63, 3.8) is 0 Å². The van der Waals surface area contributed by atoms with Crippen molar-refractivity contribution >= 4 is 5.91 Å². The molecule has 7 rings (SSSR count). The van der Waals surface area contributed by atoms with E-state index >= 15 is 0 Å². The summed E-state index contributed by atoms with van der Waals surface area (Å²) < 4.78 is 12.7. The van der Waals surface area contributed by atoms with Gasteiger partial charge >= 0.3 is 0 Å². The van der Waals surface area contributed by atoms with Gasteiger partial charge in [-0.1, -0.05) is 38.0 Å². The van der Waals surface area contributed by atoms with Gasteiger partial charge in [0.25, 0.3) is 5.91 Å². The highest BCUT2D eigenvalue weighted by atomic mass is 16.5. The number of ether oxygens (including phenoxy) is 2. The number of amides is 1. The predicted octanol–water partition coefficient (Wildman–Crippen LogP) is 4.75. The van der Waals surface area contributed by atoms with Crippen molar-refractivity contribution in [1.82, 2.24) is 9.80 Å². The second-order valence-electron chi connectivity index (χ2n) is 13.0. The van der Waals surface area contributed by atoms with E-state index in [0.717, 1.165) is 55.0 Å². The molecule has 40 heavy (non-hydrogen) atoms. The third kappa shape index (κ3) is 4.00. The van der Waals surface area contributed by atoms with E-state index in [0.29, 0.717) is 35.9 Å². The molecule has 210 valence electrons. The van der Waals surface area contributed by atoms with Gasteiger partial charge in [-0.25, -0.2) is 0 Å². The fourth-order valence-electron chi connectivity index (χ4n) is 8.46. The molecule has 0 radical (unpaired) electrons. The molecule has 1 spiro atoms. The van der Waals surface area contributed by atoms with Gasteiger partial charge in [-0.3, -0.25) is 9.69 Å². The van der Waals surface area contributed by atoms with Crippen LogP contribution in [0.1, 0.15) is 62.6 Å². The zero-order chi connectivity index (χ0) is 27.6. The molecule has 6 nitrogen and oxygen atoms in total. The number of piperidine rings is 1. The number of aromatic hydroxyl groups is 1. The van der Waals surface area contributed by atoms with Gasteiger partial charge < -0.3 is 19.5 Å². The number of carbonyl (C=O) groups is 1. The zero-order valence-corrected chi connectivity index (χ0v) is 23.9. The van der Waals surface area contributed by atoms with Crippen molar-refractivity contribution in [2.75, 3.05) is 26.7 Å². The van der Waals surface area contributed by atoms with Gasteiger partial charge in [0, 0.05) is 53.2 Å². The molecule has 1 saturated heterocycles. The van der Waals surface area contributed by atoms with Crippen LogP contribution in [0.25, 0.3) is 0 Å². The molecule has 1 N–H and O–H groups in total. The second-order valence-corrected chi connectivity index (χ2v) is 13.0. The SMILES string of the molecule is COc1cc(O)c2c3c1O[C@H]1[C@H](N(CC(C)C)C(=O)C#Cc4ccccc4)CC[C@H]4[C@@H](C2)N(CC2CC2)CC[C@@]341. The topological polar surface area (TPSA) is 62.2 Å². The van der Waals surface area contributed by atoms with E-state index in [1.165, 1.54) is 24.9 Å². The van der Waals surface area contributed by atoms with E-state index in [4.69, 9.17) is 9.47 Å². The number of benzene rings is 2. The summed E-state index contributed by atoms with van der Waals surface area (Å²) in [5.74, 6) is 9.21. The maximum Gasteiger partial charge on any atom is 0.299 e. The minimum Gasteiger partial charge on any atom is -0.508 e. The Balaban J connectivity index is 1.30. The lowest BCUT2D eigenvalue weighted by Crippen LogP contribution is -2.69.